The molecule has 2 aromatic rings. The predicted molar refractivity (Wildman–Crippen MR) is 80.4 cm³/mol. The summed E-state index contributed by atoms with van der Waals surface area (Å²) in [6, 6.07) is 8.55. The molecule has 1 heterocycles. The molecule has 2 rings (SSSR count). The summed E-state index contributed by atoms with van der Waals surface area (Å²) in [5.74, 6) is 0.379. The van der Waals surface area contributed by atoms with Crippen LogP contribution in [0.2, 0.25) is 5.02 Å². The highest BCUT2D eigenvalue weighted by molar-refractivity contribution is 6.32. The van der Waals surface area contributed by atoms with Gasteiger partial charge in [0.25, 0.3) is 5.91 Å². The van der Waals surface area contributed by atoms with E-state index in [4.69, 9.17) is 22.1 Å². The van der Waals surface area contributed by atoms with Crippen molar-refractivity contribution in [3.05, 3.63) is 52.8 Å². The van der Waals surface area contributed by atoms with Crippen LogP contribution in [0.5, 0.6) is 11.5 Å². The maximum atomic E-state index is 11.0. The van der Waals surface area contributed by atoms with E-state index in [9.17, 15) is 4.79 Å². The summed E-state index contributed by atoms with van der Waals surface area (Å²) in [6.07, 6.45) is 1.46. The molecular weight excluding hydrogens is 276 g/mol. The Bertz CT molecular complexity index is 600. The first-order valence-corrected chi connectivity index (χ1v) is 6.64. The number of nitrogens with zero attached hydrogens (tertiary/aromatic N) is 1. The first-order chi connectivity index (χ1) is 9.56. The molecule has 0 unspecified atom stereocenters. The van der Waals surface area contributed by atoms with E-state index in [1.807, 2.05) is 26.8 Å². The Morgan fingerprint density at radius 2 is 1.95 bits per heavy atom. The van der Waals surface area contributed by atoms with E-state index in [0.29, 0.717) is 16.5 Å². The zero-order chi connectivity index (χ0) is 15.1. The average Bonchev–Trinajstić information content (AvgIpc) is 2.44. The zero-order valence-corrected chi connectivity index (χ0v) is 12.4. The van der Waals surface area contributed by atoms with Crippen LogP contribution in [0.25, 0.3) is 0 Å². The molecule has 0 aliphatic heterocycles. The maximum Gasteiger partial charge on any atom is 0.267 e. The van der Waals surface area contributed by atoms with Gasteiger partial charge in [-0.05, 0) is 30.7 Å². The first-order valence-electron chi connectivity index (χ1n) is 6.26. The van der Waals surface area contributed by atoms with E-state index in [-0.39, 0.29) is 5.69 Å². The molecule has 0 spiro atoms. The van der Waals surface area contributed by atoms with Gasteiger partial charge in [0.15, 0.2) is 0 Å². The molecule has 0 radical (unpaired) electrons. The number of pyridine rings is 1. The molecule has 0 atom stereocenters. The third-order valence-corrected chi connectivity index (χ3v) is 2.59. The second-order valence-electron chi connectivity index (χ2n) is 3.78. The number of nitrogens with two attached hydrogens (primary N) is 1. The van der Waals surface area contributed by atoms with Crippen LogP contribution in [0.3, 0.4) is 0 Å². The van der Waals surface area contributed by atoms with E-state index in [0.717, 1.165) is 5.56 Å². The number of carbonyl (C=O) groups is 1. The summed E-state index contributed by atoms with van der Waals surface area (Å²) in [7, 11) is 0. The zero-order valence-electron chi connectivity index (χ0n) is 11.7. The van der Waals surface area contributed by atoms with Gasteiger partial charge in [-0.25, -0.2) is 0 Å². The van der Waals surface area contributed by atoms with Crippen molar-refractivity contribution in [1.29, 1.82) is 0 Å². The molecule has 0 aliphatic carbocycles. The molecule has 0 saturated heterocycles. The second-order valence-corrected chi connectivity index (χ2v) is 4.18. The lowest BCUT2D eigenvalue weighted by molar-refractivity contribution is 0.0995. The highest BCUT2D eigenvalue weighted by atomic mass is 35.5. The van der Waals surface area contributed by atoms with Crippen LogP contribution in [-0.4, -0.2) is 10.9 Å². The minimum atomic E-state index is -0.601. The second kappa shape index (κ2) is 7.50. The molecule has 2 N–H and O–H groups in total. The SMILES string of the molecule is CC.Cc1ccc(Oc2ccnc(C(N)=O)c2)c(Cl)c1. The summed E-state index contributed by atoms with van der Waals surface area (Å²) in [5, 5.41) is 0.507. The Morgan fingerprint density at radius 1 is 1.25 bits per heavy atom. The van der Waals surface area contributed by atoms with Gasteiger partial charge in [0.1, 0.15) is 17.2 Å². The smallest absolute Gasteiger partial charge is 0.267 e. The van der Waals surface area contributed by atoms with E-state index < -0.39 is 5.91 Å². The first kappa shape index (κ1) is 16.0. The molecule has 0 fully saturated rings. The monoisotopic (exact) mass is 292 g/mol. The van der Waals surface area contributed by atoms with Crippen LogP contribution < -0.4 is 10.5 Å². The quantitative estimate of drug-likeness (QED) is 0.931. The van der Waals surface area contributed by atoms with E-state index in [1.54, 1.807) is 18.2 Å². The Balaban J connectivity index is 0.000000956. The molecule has 0 aliphatic rings. The average molecular weight is 293 g/mol. The number of primary amides is 1. The fourth-order valence-electron chi connectivity index (χ4n) is 1.43. The van der Waals surface area contributed by atoms with Crippen molar-refractivity contribution < 1.29 is 9.53 Å². The van der Waals surface area contributed by atoms with Gasteiger partial charge in [-0.15, -0.1) is 0 Å². The van der Waals surface area contributed by atoms with E-state index in [1.165, 1.54) is 12.3 Å². The van der Waals surface area contributed by atoms with Gasteiger partial charge >= 0.3 is 0 Å². The summed E-state index contributed by atoms with van der Waals surface area (Å²) in [6.45, 7) is 5.94. The molecule has 106 valence electrons. The summed E-state index contributed by atoms with van der Waals surface area (Å²) >= 11 is 6.05. The Kier molecular flexibility index (Phi) is 6.00. The molecule has 5 heteroatoms. The number of carbonyl (C=O) groups excluding carboxylic acids is 1. The number of benzene rings is 1. The number of halogens is 1. The van der Waals surface area contributed by atoms with Gasteiger partial charge < -0.3 is 10.5 Å². The lowest BCUT2D eigenvalue weighted by Gasteiger charge is -2.08. The molecule has 1 aromatic heterocycles. The van der Waals surface area contributed by atoms with Gasteiger partial charge in [0.05, 0.1) is 5.02 Å². The molecular formula is C15H17ClN2O2. The van der Waals surface area contributed by atoms with E-state index in [2.05, 4.69) is 4.98 Å². The lowest BCUT2D eigenvalue weighted by Crippen LogP contribution is -2.12. The third-order valence-electron chi connectivity index (χ3n) is 2.30. The molecule has 1 amide bonds. The van der Waals surface area contributed by atoms with E-state index >= 15 is 0 Å². The standard InChI is InChI=1S/C13H11ClN2O2.C2H6/c1-8-2-3-12(10(14)6-8)18-9-4-5-16-11(7-9)13(15)17;1-2/h2-7H,1H3,(H2,15,17);1-2H3. The summed E-state index contributed by atoms with van der Waals surface area (Å²) < 4.78 is 5.58. The van der Waals surface area contributed by atoms with Gasteiger partial charge in [-0.2, -0.15) is 0 Å². The van der Waals surface area contributed by atoms with Crippen LogP contribution in [-0.2, 0) is 0 Å². The van der Waals surface area contributed by atoms with Crippen molar-refractivity contribution >= 4 is 17.5 Å². The fourth-order valence-corrected chi connectivity index (χ4v) is 1.70. The number of amides is 1. The van der Waals surface area contributed by atoms with Crippen molar-refractivity contribution in [2.75, 3.05) is 0 Å². The van der Waals surface area contributed by atoms with Crippen molar-refractivity contribution in [1.82, 2.24) is 4.98 Å². The number of ether oxygens (including phenoxy) is 1. The highest BCUT2D eigenvalue weighted by Crippen LogP contribution is 2.29. The van der Waals surface area contributed by atoms with Crippen molar-refractivity contribution in [3.8, 4) is 11.5 Å². The van der Waals surface area contributed by atoms with Crippen molar-refractivity contribution in [2.24, 2.45) is 5.73 Å². The van der Waals surface area contributed by atoms with Crippen LogP contribution in [0.15, 0.2) is 36.5 Å². The minimum Gasteiger partial charge on any atom is -0.456 e. The Labute approximate surface area is 123 Å². The van der Waals surface area contributed by atoms with Crippen molar-refractivity contribution in [3.63, 3.8) is 0 Å². The molecule has 20 heavy (non-hydrogen) atoms. The molecule has 0 bridgehead atoms. The highest BCUT2D eigenvalue weighted by Gasteiger charge is 2.07. The number of aromatic nitrogens is 1. The molecule has 4 nitrogen and oxygen atoms in total. The van der Waals surface area contributed by atoms with Gasteiger partial charge in [0.2, 0.25) is 0 Å². The predicted octanol–water partition coefficient (Wildman–Crippen LogP) is 3.96. The van der Waals surface area contributed by atoms with Crippen LogP contribution in [0.1, 0.15) is 29.9 Å². The number of hydrogen-bond acceptors (Lipinski definition) is 3. The van der Waals surface area contributed by atoms with Crippen LogP contribution in [0.4, 0.5) is 0 Å². The normalized spacial score (nSPS) is 9.40. The third kappa shape index (κ3) is 4.24. The molecule has 0 saturated carbocycles. The van der Waals surface area contributed by atoms with Gasteiger partial charge in [-0.1, -0.05) is 31.5 Å². The largest absolute Gasteiger partial charge is 0.456 e. The Hall–Kier alpha value is -2.07. The van der Waals surface area contributed by atoms with Crippen molar-refractivity contribution in [2.45, 2.75) is 20.8 Å². The van der Waals surface area contributed by atoms with Gasteiger partial charge in [-0.3, -0.25) is 9.78 Å². The minimum absolute atomic E-state index is 0.149. The topological polar surface area (TPSA) is 65.2 Å². The maximum absolute atomic E-state index is 11.0. The number of hydrogen-bond donors (Lipinski definition) is 1. The molecule has 1 aromatic carbocycles. The Morgan fingerprint density at radius 3 is 2.55 bits per heavy atom. The lowest BCUT2D eigenvalue weighted by atomic mass is 10.2. The van der Waals surface area contributed by atoms with Crippen LogP contribution >= 0.6 is 11.6 Å². The van der Waals surface area contributed by atoms with Gasteiger partial charge in [0, 0.05) is 12.3 Å². The number of rotatable bonds is 3. The fraction of sp³-hybridized carbons (Fsp3) is 0.200. The summed E-state index contributed by atoms with van der Waals surface area (Å²) in [4.78, 5) is 14.8. The number of aryl methyl sites for hydroxylation is 1. The summed E-state index contributed by atoms with van der Waals surface area (Å²) in [5.41, 5.74) is 6.33. The van der Waals surface area contributed by atoms with Crippen LogP contribution in [0, 0.1) is 6.92 Å².